The summed E-state index contributed by atoms with van der Waals surface area (Å²) >= 11 is 0. The summed E-state index contributed by atoms with van der Waals surface area (Å²) in [5.74, 6) is 0.0226. The van der Waals surface area contributed by atoms with Gasteiger partial charge >= 0.3 is 0 Å². The molecule has 0 aliphatic carbocycles. The molecule has 1 atom stereocenters. The lowest BCUT2D eigenvalue weighted by Crippen LogP contribution is -2.42. The van der Waals surface area contributed by atoms with Gasteiger partial charge in [0, 0.05) is 49.0 Å². The second-order valence-corrected chi connectivity index (χ2v) is 6.07. The fraction of sp³-hybridized carbons (Fsp3) is 0.278. The Morgan fingerprint density at radius 2 is 2.12 bits per heavy atom. The van der Waals surface area contributed by atoms with Crippen molar-refractivity contribution >= 4 is 5.91 Å². The minimum atomic E-state index is -0.128. The third-order valence-corrected chi connectivity index (χ3v) is 4.37. The van der Waals surface area contributed by atoms with Crippen molar-refractivity contribution in [3.8, 4) is 5.69 Å². The first kappa shape index (κ1) is 15.6. The molecule has 1 aromatic carbocycles. The summed E-state index contributed by atoms with van der Waals surface area (Å²) in [7, 11) is 1.87. The van der Waals surface area contributed by atoms with Crippen LogP contribution >= 0.6 is 0 Å². The molecule has 7 nitrogen and oxygen atoms in total. The second kappa shape index (κ2) is 6.52. The molecule has 1 aliphatic heterocycles. The van der Waals surface area contributed by atoms with Crippen LogP contribution in [0.4, 0.5) is 0 Å². The van der Waals surface area contributed by atoms with Crippen LogP contribution in [0.3, 0.4) is 0 Å². The molecule has 0 bridgehead atoms. The first-order valence-electron chi connectivity index (χ1n) is 8.18. The summed E-state index contributed by atoms with van der Waals surface area (Å²) in [5.41, 5.74) is 2.65. The van der Waals surface area contributed by atoms with E-state index < -0.39 is 0 Å². The van der Waals surface area contributed by atoms with E-state index in [1.807, 2.05) is 53.2 Å². The molecular formula is C18H19N5O2. The molecule has 3 aromatic rings. The van der Waals surface area contributed by atoms with E-state index in [9.17, 15) is 4.79 Å². The molecule has 25 heavy (non-hydrogen) atoms. The second-order valence-electron chi connectivity index (χ2n) is 6.07. The van der Waals surface area contributed by atoms with Gasteiger partial charge in [-0.15, -0.1) is 0 Å². The number of morpholine rings is 1. The number of imidazole rings is 1. The van der Waals surface area contributed by atoms with Crippen LogP contribution in [0, 0.1) is 0 Å². The van der Waals surface area contributed by atoms with Crippen molar-refractivity contribution in [3.63, 3.8) is 0 Å². The van der Waals surface area contributed by atoms with Crippen LogP contribution < -0.4 is 0 Å². The first-order chi connectivity index (χ1) is 12.2. The zero-order valence-electron chi connectivity index (χ0n) is 13.9. The van der Waals surface area contributed by atoms with Crippen molar-refractivity contribution in [3.05, 3.63) is 66.5 Å². The van der Waals surface area contributed by atoms with Crippen molar-refractivity contribution in [1.82, 2.24) is 24.2 Å². The van der Waals surface area contributed by atoms with Crippen molar-refractivity contribution in [2.75, 3.05) is 19.7 Å². The van der Waals surface area contributed by atoms with Crippen LogP contribution in [0.25, 0.3) is 5.69 Å². The molecule has 128 valence electrons. The Morgan fingerprint density at radius 1 is 1.28 bits per heavy atom. The van der Waals surface area contributed by atoms with E-state index in [0.29, 0.717) is 25.3 Å². The van der Waals surface area contributed by atoms with Gasteiger partial charge in [-0.25, -0.2) is 4.98 Å². The van der Waals surface area contributed by atoms with E-state index in [4.69, 9.17) is 4.74 Å². The van der Waals surface area contributed by atoms with Crippen LogP contribution in [0.15, 0.2) is 55.4 Å². The molecule has 0 N–H and O–H groups in total. The topological polar surface area (TPSA) is 65.2 Å². The van der Waals surface area contributed by atoms with Gasteiger partial charge in [-0.2, -0.15) is 5.10 Å². The molecular weight excluding hydrogens is 318 g/mol. The molecule has 1 fully saturated rings. The summed E-state index contributed by atoms with van der Waals surface area (Å²) in [6, 6.07) is 7.56. The molecule has 0 saturated carbocycles. The highest BCUT2D eigenvalue weighted by atomic mass is 16.5. The Kier molecular flexibility index (Phi) is 4.07. The third-order valence-electron chi connectivity index (χ3n) is 4.37. The van der Waals surface area contributed by atoms with E-state index in [1.165, 1.54) is 0 Å². The van der Waals surface area contributed by atoms with Crippen molar-refractivity contribution < 1.29 is 9.53 Å². The standard InChI is InChI=1S/C18H19N5O2/c1-21-11-15(10-20-21)17-12-22(8-9-25-17)18(24)14-2-4-16(5-3-14)23-7-6-19-13-23/h2-7,10-11,13,17H,8-9,12H2,1H3. The van der Waals surface area contributed by atoms with Gasteiger partial charge in [0.15, 0.2) is 0 Å². The Morgan fingerprint density at radius 3 is 2.80 bits per heavy atom. The maximum absolute atomic E-state index is 12.8. The van der Waals surface area contributed by atoms with Crippen LogP contribution in [0.1, 0.15) is 22.0 Å². The van der Waals surface area contributed by atoms with Crippen LogP contribution in [0.5, 0.6) is 0 Å². The van der Waals surface area contributed by atoms with Gasteiger partial charge in [0.05, 0.1) is 25.7 Å². The summed E-state index contributed by atoms with van der Waals surface area (Å²) in [6.45, 7) is 1.66. The van der Waals surface area contributed by atoms with Gasteiger partial charge < -0.3 is 14.2 Å². The first-order valence-corrected chi connectivity index (χ1v) is 8.18. The summed E-state index contributed by atoms with van der Waals surface area (Å²) < 4.78 is 9.45. The molecule has 1 aliphatic rings. The maximum atomic E-state index is 12.8. The SMILES string of the molecule is Cn1cc(C2CN(C(=O)c3ccc(-n4ccnc4)cc3)CCO2)cn1. The summed E-state index contributed by atoms with van der Waals surface area (Å²) in [6.07, 6.45) is 8.92. The van der Waals surface area contributed by atoms with E-state index in [2.05, 4.69) is 10.1 Å². The highest BCUT2D eigenvalue weighted by molar-refractivity contribution is 5.94. The van der Waals surface area contributed by atoms with Crippen LogP contribution in [-0.4, -0.2) is 49.8 Å². The largest absolute Gasteiger partial charge is 0.370 e. The minimum absolute atomic E-state index is 0.0226. The number of ether oxygens (including phenoxy) is 1. The lowest BCUT2D eigenvalue weighted by molar-refractivity contribution is -0.0228. The fourth-order valence-electron chi connectivity index (χ4n) is 3.01. The Labute approximate surface area is 145 Å². The predicted octanol–water partition coefficient (Wildman–Crippen LogP) is 1.82. The Bertz CT molecular complexity index is 854. The lowest BCUT2D eigenvalue weighted by atomic mass is 10.1. The van der Waals surface area contributed by atoms with E-state index in [0.717, 1.165) is 11.3 Å². The van der Waals surface area contributed by atoms with Gasteiger partial charge in [-0.3, -0.25) is 9.48 Å². The molecule has 3 heterocycles. The third kappa shape index (κ3) is 3.18. The number of amides is 1. The average molecular weight is 337 g/mol. The number of nitrogens with zero attached hydrogens (tertiary/aromatic N) is 5. The molecule has 7 heteroatoms. The van der Waals surface area contributed by atoms with E-state index in [-0.39, 0.29) is 12.0 Å². The molecule has 1 unspecified atom stereocenters. The van der Waals surface area contributed by atoms with Gasteiger partial charge in [0.1, 0.15) is 6.10 Å². The van der Waals surface area contributed by atoms with Gasteiger partial charge in [0.2, 0.25) is 0 Å². The molecule has 2 aromatic heterocycles. The normalized spacial score (nSPS) is 17.6. The zero-order chi connectivity index (χ0) is 17.2. The quantitative estimate of drug-likeness (QED) is 0.731. The number of benzene rings is 1. The average Bonchev–Trinajstić information content (AvgIpc) is 3.33. The highest BCUT2D eigenvalue weighted by Gasteiger charge is 2.26. The number of carbonyl (C=O) groups is 1. The van der Waals surface area contributed by atoms with E-state index >= 15 is 0 Å². The van der Waals surface area contributed by atoms with E-state index in [1.54, 1.807) is 23.4 Å². The van der Waals surface area contributed by atoms with Crippen LogP contribution in [-0.2, 0) is 11.8 Å². The summed E-state index contributed by atoms with van der Waals surface area (Å²) in [4.78, 5) is 18.7. The fourth-order valence-corrected chi connectivity index (χ4v) is 3.01. The van der Waals surface area contributed by atoms with Crippen LogP contribution in [0.2, 0.25) is 0 Å². The number of aryl methyl sites for hydroxylation is 1. The van der Waals surface area contributed by atoms with Gasteiger partial charge in [0.25, 0.3) is 5.91 Å². The molecule has 0 spiro atoms. The molecule has 4 rings (SSSR count). The van der Waals surface area contributed by atoms with Gasteiger partial charge in [-0.05, 0) is 24.3 Å². The monoisotopic (exact) mass is 337 g/mol. The number of hydrogen-bond acceptors (Lipinski definition) is 4. The smallest absolute Gasteiger partial charge is 0.254 e. The van der Waals surface area contributed by atoms with Crippen molar-refractivity contribution in [2.45, 2.75) is 6.10 Å². The van der Waals surface area contributed by atoms with Crippen molar-refractivity contribution in [2.24, 2.45) is 7.05 Å². The summed E-state index contributed by atoms with van der Waals surface area (Å²) in [5, 5.41) is 4.18. The molecule has 1 amide bonds. The van der Waals surface area contributed by atoms with Gasteiger partial charge in [-0.1, -0.05) is 0 Å². The Hall–Kier alpha value is -2.93. The Balaban J connectivity index is 1.48. The number of rotatable bonds is 3. The number of hydrogen-bond donors (Lipinski definition) is 0. The molecule has 1 saturated heterocycles. The number of carbonyl (C=O) groups excluding carboxylic acids is 1. The highest BCUT2D eigenvalue weighted by Crippen LogP contribution is 2.23. The van der Waals surface area contributed by atoms with Crippen molar-refractivity contribution in [1.29, 1.82) is 0 Å². The molecule has 0 radical (unpaired) electrons. The predicted molar refractivity (Wildman–Crippen MR) is 91.4 cm³/mol. The zero-order valence-corrected chi connectivity index (χ0v) is 13.9. The minimum Gasteiger partial charge on any atom is -0.370 e. The lowest BCUT2D eigenvalue weighted by Gasteiger charge is -2.32. The maximum Gasteiger partial charge on any atom is 0.254 e. The number of aromatic nitrogens is 4.